The number of carbonyl (C=O) groups excluding carboxylic acids is 1. The SMILES string of the molecule is COc1ccc(C(=O)NCc2cnn(C)c2N)c(O)c1. The number of hydrogen-bond donors (Lipinski definition) is 3. The molecule has 0 bridgehead atoms. The van der Waals surface area contributed by atoms with Crippen molar-refractivity contribution in [3.63, 3.8) is 0 Å². The van der Waals surface area contributed by atoms with Gasteiger partial charge in [0.1, 0.15) is 17.3 Å². The molecule has 0 aliphatic carbocycles. The fraction of sp³-hybridized carbons (Fsp3) is 0.231. The van der Waals surface area contributed by atoms with Crippen molar-refractivity contribution in [3.05, 3.63) is 35.5 Å². The van der Waals surface area contributed by atoms with Crippen LogP contribution in [0.15, 0.2) is 24.4 Å². The zero-order valence-electron chi connectivity index (χ0n) is 11.3. The number of carbonyl (C=O) groups is 1. The molecular formula is C13H16N4O3. The van der Waals surface area contributed by atoms with Crippen LogP contribution in [0.2, 0.25) is 0 Å². The summed E-state index contributed by atoms with van der Waals surface area (Å²) in [5.74, 6) is 0.439. The Bertz CT molecular complexity index is 637. The second-order valence-corrected chi connectivity index (χ2v) is 4.24. The number of phenolic OH excluding ortho intramolecular Hbond substituents is 1. The third kappa shape index (κ3) is 2.66. The van der Waals surface area contributed by atoms with Crippen molar-refractivity contribution in [2.24, 2.45) is 7.05 Å². The van der Waals surface area contributed by atoms with E-state index < -0.39 is 5.91 Å². The Morgan fingerprint density at radius 2 is 2.30 bits per heavy atom. The van der Waals surface area contributed by atoms with Crippen molar-refractivity contribution in [2.75, 3.05) is 12.8 Å². The topological polar surface area (TPSA) is 102 Å². The Balaban J connectivity index is 2.07. The predicted octanol–water partition coefficient (Wildman–Crippen LogP) is 0.647. The van der Waals surface area contributed by atoms with Crippen molar-refractivity contribution < 1.29 is 14.6 Å². The highest BCUT2D eigenvalue weighted by Gasteiger charge is 2.13. The molecule has 4 N–H and O–H groups in total. The third-order valence-electron chi connectivity index (χ3n) is 2.95. The lowest BCUT2D eigenvalue weighted by molar-refractivity contribution is 0.0948. The highest BCUT2D eigenvalue weighted by molar-refractivity contribution is 5.97. The molecule has 106 valence electrons. The molecule has 0 radical (unpaired) electrons. The summed E-state index contributed by atoms with van der Waals surface area (Å²) in [5.41, 5.74) is 6.67. The first kappa shape index (κ1) is 13.7. The van der Waals surface area contributed by atoms with Gasteiger partial charge in [0.2, 0.25) is 0 Å². The number of nitrogens with two attached hydrogens (primary N) is 1. The predicted molar refractivity (Wildman–Crippen MR) is 73.4 cm³/mol. The van der Waals surface area contributed by atoms with Crippen molar-refractivity contribution in [1.82, 2.24) is 15.1 Å². The fourth-order valence-electron chi connectivity index (χ4n) is 1.73. The zero-order valence-corrected chi connectivity index (χ0v) is 11.3. The number of hydrogen-bond acceptors (Lipinski definition) is 5. The molecule has 1 aromatic carbocycles. The number of nitrogens with one attached hydrogen (secondary N) is 1. The highest BCUT2D eigenvalue weighted by Crippen LogP contribution is 2.23. The van der Waals surface area contributed by atoms with Crippen LogP contribution in [-0.4, -0.2) is 27.9 Å². The molecule has 0 spiro atoms. The van der Waals surface area contributed by atoms with Gasteiger partial charge in [0, 0.05) is 25.2 Å². The molecule has 0 aliphatic heterocycles. The molecule has 1 heterocycles. The second kappa shape index (κ2) is 5.52. The van der Waals surface area contributed by atoms with Gasteiger partial charge >= 0.3 is 0 Å². The monoisotopic (exact) mass is 276 g/mol. The van der Waals surface area contributed by atoms with E-state index >= 15 is 0 Å². The maximum atomic E-state index is 12.0. The summed E-state index contributed by atoms with van der Waals surface area (Å²) in [4.78, 5) is 12.0. The Kier molecular flexibility index (Phi) is 3.79. The number of phenols is 1. The van der Waals surface area contributed by atoms with E-state index in [0.29, 0.717) is 17.1 Å². The quantitative estimate of drug-likeness (QED) is 0.760. The molecule has 2 aromatic rings. The van der Waals surface area contributed by atoms with Gasteiger partial charge in [-0.05, 0) is 12.1 Å². The first-order chi connectivity index (χ1) is 9.52. The van der Waals surface area contributed by atoms with Crippen LogP contribution in [0.1, 0.15) is 15.9 Å². The van der Waals surface area contributed by atoms with Crippen LogP contribution in [0.25, 0.3) is 0 Å². The number of nitrogen functional groups attached to an aromatic ring is 1. The molecule has 20 heavy (non-hydrogen) atoms. The van der Waals surface area contributed by atoms with E-state index in [4.69, 9.17) is 10.5 Å². The average molecular weight is 276 g/mol. The van der Waals surface area contributed by atoms with E-state index in [1.165, 1.54) is 23.9 Å². The molecular weight excluding hydrogens is 260 g/mol. The normalized spacial score (nSPS) is 10.3. The number of anilines is 1. The van der Waals surface area contributed by atoms with Crippen molar-refractivity contribution in [3.8, 4) is 11.5 Å². The lowest BCUT2D eigenvalue weighted by Gasteiger charge is -2.08. The number of nitrogens with zero attached hydrogens (tertiary/aromatic N) is 2. The molecule has 0 saturated carbocycles. The van der Waals surface area contributed by atoms with Crippen LogP contribution in [0.5, 0.6) is 11.5 Å². The lowest BCUT2D eigenvalue weighted by atomic mass is 10.1. The summed E-state index contributed by atoms with van der Waals surface area (Å²) in [7, 11) is 3.20. The molecule has 7 nitrogen and oxygen atoms in total. The number of amides is 1. The van der Waals surface area contributed by atoms with Crippen LogP contribution in [0, 0.1) is 0 Å². The van der Waals surface area contributed by atoms with Gasteiger partial charge in [0.15, 0.2) is 0 Å². The minimum Gasteiger partial charge on any atom is -0.507 e. The van der Waals surface area contributed by atoms with Gasteiger partial charge in [-0.15, -0.1) is 0 Å². The van der Waals surface area contributed by atoms with Crippen LogP contribution in [0.4, 0.5) is 5.82 Å². The van der Waals surface area contributed by atoms with Crippen molar-refractivity contribution in [2.45, 2.75) is 6.54 Å². The van der Waals surface area contributed by atoms with E-state index in [0.717, 1.165) is 0 Å². The first-order valence-corrected chi connectivity index (χ1v) is 5.94. The summed E-state index contributed by atoms with van der Waals surface area (Å²) in [5, 5.41) is 16.4. The summed E-state index contributed by atoms with van der Waals surface area (Å²) in [6, 6.07) is 4.48. The van der Waals surface area contributed by atoms with Gasteiger partial charge in [-0.2, -0.15) is 5.10 Å². The third-order valence-corrected chi connectivity index (χ3v) is 2.95. The Labute approximate surface area is 116 Å². The van der Waals surface area contributed by atoms with Gasteiger partial charge in [-0.25, -0.2) is 0 Å². The lowest BCUT2D eigenvalue weighted by Crippen LogP contribution is -2.23. The molecule has 7 heteroatoms. The standard InChI is InChI=1S/C13H16N4O3/c1-17-12(14)8(7-16-17)6-15-13(19)10-4-3-9(20-2)5-11(10)18/h3-5,7,18H,6,14H2,1-2H3,(H,15,19). The number of rotatable bonds is 4. The maximum absolute atomic E-state index is 12.0. The average Bonchev–Trinajstić information content (AvgIpc) is 2.76. The zero-order chi connectivity index (χ0) is 14.7. The van der Waals surface area contributed by atoms with Gasteiger partial charge in [-0.3, -0.25) is 9.48 Å². The molecule has 1 aromatic heterocycles. The summed E-state index contributed by atoms with van der Waals surface area (Å²) in [6.45, 7) is 0.240. The van der Waals surface area contributed by atoms with Crippen LogP contribution >= 0.6 is 0 Å². The van der Waals surface area contributed by atoms with Gasteiger partial charge in [0.25, 0.3) is 5.91 Å². The first-order valence-electron chi connectivity index (χ1n) is 5.94. The molecule has 0 unspecified atom stereocenters. The van der Waals surface area contributed by atoms with Crippen LogP contribution in [-0.2, 0) is 13.6 Å². The van der Waals surface area contributed by atoms with Crippen molar-refractivity contribution >= 4 is 11.7 Å². The van der Waals surface area contributed by atoms with Crippen LogP contribution in [0.3, 0.4) is 0 Å². The number of aromatic hydroxyl groups is 1. The minimum absolute atomic E-state index is 0.138. The van der Waals surface area contributed by atoms with E-state index in [2.05, 4.69) is 10.4 Å². The number of methoxy groups -OCH3 is 1. The largest absolute Gasteiger partial charge is 0.507 e. The highest BCUT2D eigenvalue weighted by atomic mass is 16.5. The fourth-order valence-corrected chi connectivity index (χ4v) is 1.73. The number of ether oxygens (including phenoxy) is 1. The van der Waals surface area contributed by atoms with Gasteiger partial charge in [0.05, 0.1) is 18.9 Å². The van der Waals surface area contributed by atoms with Crippen molar-refractivity contribution in [1.29, 1.82) is 0 Å². The van der Waals surface area contributed by atoms with E-state index in [9.17, 15) is 9.90 Å². The Hall–Kier alpha value is -2.70. The number of benzene rings is 1. The van der Waals surface area contributed by atoms with Gasteiger partial charge in [-0.1, -0.05) is 0 Å². The number of aryl methyl sites for hydroxylation is 1. The summed E-state index contributed by atoms with van der Waals surface area (Å²) in [6.07, 6.45) is 1.59. The van der Waals surface area contributed by atoms with E-state index in [1.54, 1.807) is 19.3 Å². The minimum atomic E-state index is -0.395. The smallest absolute Gasteiger partial charge is 0.255 e. The van der Waals surface area contributed by atoms with Crippen LogP contribution < -0.4 is 15.8 Å². The summed E-state index contributed by atoms with van der Waals surface area (Å²) >= 11 is 0. The van der Waals surface area contributed by atoms with E-state index in [-0.39, 0.29) is 17.9 Å². The van der Waals surface area contributed by atoms with Gasteiger partial charge < -0.3 is 20.9 Å². The maximum Gasteiger partial charge on any atom is 0.255 e. The molecule has 2 rings (SSSR count). The molecule has 0 saturated heterocycles. The number of aromatic nitrogens is 2. The Morgan fingerprint density at radius 1 is 1.55 bits per heavy atom. The van der Waals surface area contributed by atoms with E-state index in [1.807, 2.05) is 0 Å². The molecule has 0 aliphatic rings. The second-order valence-electron chi connectivity index (χ2n) is 4.24. The summed E-state index contributed by atoms with van der Waals surface area (Å²) < 4.78 is 6.48. The molecule has 0 atom stereocenters. The molecule has 1 amide bonds. The molecule has 0 fully saturated rings. The Morgan fingerprint density at radius 3 is 2.85 bits per heavy atom.